The monoisotopic (exact) mass is 201 g/mol. The molecular formula is C12H15N3. The van der Waals surface area contributed by atoms with E-state index in [2.05, 4.69) is 32.5 Å². The predicted molar refractivity (Wildman–Crippen MR) is 61.2 cm³/mol. The van der Waals surface area contributed by atoms with Gasteiger partial charge < -0.3 is 0 Å². The molecule has 1 rings (SSSR count). The molecule has 1 fully saturated rings. The summed E-state index contributed by atoms with van der Waals surface area (Å²) in [5.41, 5.74) is 0. The lowest BCUT2D eigenvalue weighted by Gasteiger charge is -2.40. The molecule has 1 heterocycles. The van der Waals surface area contributed by atoms with Gasteiger partial charge in [-0.2, -0.15) is 0 Å². The molecule has 0 atom stereocenters. The lowest BCUT2D eigenvalue weighted by Crippen LogP contribution is -2.54. The average Bonchev–Trinajstić information content (AvgIpc) is 2.19. The zero-order valence-electron chi connectivity index (χ0n) is 8.82. The fraction of sp³-hybridized carbons (Fsp3) is 0.500. The predicted octanol–water partition coefficient (Wildman–Crippen LogP) is -0.322. The molecule has 0 aliphatic carbocycles. The first-order valence-corrected chi connectivity index (χ1v) is 4.77. The smallest absolute Gasteiger partial charge is 0.0622 e. The Labute approximate surface area is 92.0 Å². The van der Waals surface area contributed by atoms with E-state index in [4.69, 9.17) is 19.3 Å². The second-order valence-corrected chi connectivity index (χ2v) is 3.52. The minimum absolute atomic E-state index is 0.627. The highest BCUT2D eigenvalue weighted by atomic mass is 15.5. The third-order valence-electron chi connectivity index (χ3n) is 2.14. The molecule has 0 aromatic carbocycles. The van der Waals surface area contributed by atoms with Crippen molar-refractivity contribution in [2.45, 2.75) is 0 Å². The van der Waals surface area contributed by atoms with Crippen molar-refractivity contribution < 1.29 is 0 Å². The van der Waals surface area contributed by atoms with Crippen molar-refractivity contribution in [2.75, 3.05) is 39.6 Å². The summed E-state index contributed by atoms with van der Waals surface area (Å²) in [5.74, 6) is 7.90. The van der Waals surface area contributed by atoms with Crippen LogP contribution in [-0.4, -0.2) is 54.3 Å². The Bertz CT molecular complexity index is 257. The lowest BCUT2D eigenvalue weighted by atomic mass is 10.4. The highest BCUT2D eigenvalue weighted by Crippen LogP contribution is 2.05. The molecule has 3 heteroatoms. The maximum absolute atomic E-state index is 5.29. The second kappa shape index (κ2) is 6.12. The quantitative estimate of drug-likeness (QED) is 0.579. The normalized spacial score (nSPS) is 19.0. The van der Waals surface area contributed by atoms with E-state index in [9.17, 15) is 0 Å². The minimum atomic E-state index is 0.627. The Kier molecular flexibility index (Phi) is 4.75. The topological polar surface area (TPSA) is 9.72 Å². The van der Waals surface area contributed by atoms with Gasteiger partial charge in [-0.1, -0.05) is 17.8 Å². The van der Waals surface area contributed by atoms with Gasteiger partial charge in [-0.3, -0.25) is 14.7 Å². The van der Waals surface area contributed by atoms with Crippen molar-refractivity contribution in [1.29, 1.82) is 0 Å². The molecule has 0 N–H and O–H groups in total. The van der Waals surface area contributed by atoms with E-state index in [1.807, 2.05) is 0 Å². The number of hydrogen-bond acceptors (Lipinski definition) is 3. The molecule has 0 radical (unpaired) electrons. The molecule has 0 bridgehead atoms. The van der Waals surface area contributed by atoms with Crippen LogP contribution in [-0.2, 0) is 0 Å². The molecule has 0 aromatic heterocycles. The molecule has 1 aliphatic heterocycles. The van der Waals surface area contributed by atoms with Crippen molar-refractivity contribution >= 4 is 0 Å². The summed E-state index contributed by atoms with van der Waals surface area (Å²) in [6.45, 7) is 4.33. The zero-order valence-corrected chi connectivity index (χ0v) is 8.82. The molecule has 0 aromatic rings. The van der Waals surface area contributed by atoms with E-state index in [0.717, 1.165) is 20.0 Å². The Morgan fingerprint density at radius 2 is 0.933 bits per heavy atom. The Balaban J connectivity index is 2.54. The highest BCUT2D eigenvalue weighted by molar-refractivity contribution is 4.94. The van der Waals surface area contributed by atoms with Crippen LogP contribution < -0.4 is 0 Å². The van der Waals surface area contributed by atoms with E-state index in [1.54, 1.807) is 0 Å². The number of nitrogens with zero attached hydrogens (tertiary/aromatic N) is 3. The van der Waals surface area contributed by atoms with E-state index in [1.165, 1.54) is 0 Å². The van der Waals surface area contributed by atoms with E-state index in [0.29, 0.717) is 19.6 Å². The van der Waals surface area contributed by atoms with E-state index < -0.39 is 0 Å². The van der Waals surface area contributed by atoms with Gasteiger partial charge in [0.15, 0.2) is 0 Å². The van der Waals surface area contributed by atoms with Crippen molar-refractivity contribution in [3.8, 4) is 37.0 Å². The summed E-state index contributed by atoms with van der Waals surface area (Å²) in [6, 6.07) is 0. The third kappa shape index (κ3) is 3.66. The van der Waals surface area contributed by atoms with Gasteiger partial charge in [0.2, 0.25) is 0 Å². The van der Waals surface area contributed by atoms with Crippen molar-refractivity contribution in [2.24, 2.45) is 0 Å². The first-order valence-electron chi connectivity index (χ1n) is 4.77. The van der Waals surface area contributed by atoms with Crippen LogP contribution in [0.15, 0.2) is 0 Å². The number of hydrogen-bond donors (Lipinski definition) is 0. The maximum Gasteiger partial charge on any atom is 0.0622 e. The SMILES string of the molecule is C#CCN1CN(CC#C)CN(CC#C)C1. The van der Waals surface area contributed by atoms with Gasteiger partial charge in [0.1, 0.15) is 0 Å². The molecule has 1 saturated heterocycles. The van der Waals surface area contributed by atoms with Crippen LogP contribution in [0.25, 0.3) is 0 Å². The van der Waals surface area contributed by atoms with Gasteiger partial charge in [-0.05, 0) is 0 Å². The van der Waals surface area contributed by atoms with Crippen molar-refractivity contribution in [3.05, 3.63) is 0 Å². The Morgan fingerprint density at radius 1 is 0.667 bits per heavy atom. The molecule has 0 saturated carbocycles. The average molecular weight is 201 g/mol. The molecule has 15 heavy (non-hydrogen) atoms. The van der Waals surface area contributed by atoms with Crippen LogP contribution in [0.4, 0.5) is 0 Å². The van der Waals surface area contributed by atoms with E-state index in [-0.39, 0.29) is 0 Å². The van der Waals surface area contributed by atoms with Gasteiger partial charge in [-0.15, -0.1) is 19.3 Å². The molecule has 0 spiro atoms. The first-order chi connectivity index (χ1) is 7.30. The number of rotatable bonds is 3. The second-order valence-electron chi connectivity index (χ2n) is 3.52. The maximum atomic E-state index is 5.29. The molecule has 1 aliphatic rings. The largest absolute Gasteiger partial charge is 0.266 e. The van der Waals surface area contributed by atoms with E-state index >= 15 is 0 Å². The van der Waals surface area contributed by atoms with Crippen LogP contribution in [0.3, 0.4) is 0 Å². The summed E-state index contributed by atoms with van der Waals surface area (Å²) in [4.78, 5) is 6.41. The van der Waals surface area contributed by atoms with Gasteiger partial charge in [0.05, 0.1) is 39.6 Å². The van der Waals surface area contributed by atoms with Crippen LogP contribution >= 0.6 is 0 Å². The van der Waals surface area contributed by atoms with Crippen molar-refractivity contribution in [3.63, 3.8) is 0 Å². The standard InChI is InChI=1S/C12H15N3/c1-4-7-13-10-14(8-5-2)12-15(11-13)9-6-3/h1-3H,7-12H2. The minimum Gasteiger partial charge on any atom is -0.266 e. The first kappa shape index (κ1) is 11.6. The number of terminal acetylenes is 3. The fourth-order valence-corrected chi connectivity index (χ4v) is 1.67. The van der Waals surface area contributed by atoms with Crippen LogP contribution in [0.5, 0.6) is 0 Å². The van der Waals surface area contributed by atoms with Gasteiger partial charge in [0.25, 0.3) is 0 Å². The Morgan fingerprint density at radius 3 is 1.13 bits per heavy atom. The summed E-state index contributed by atoms with van der Waals surface area (Å²) in [7, 11) is 0. The van der Waals surface area contributed by atoms with Gasteiger partial charge in [0, 0.05) is 0 Å². The van der Waals surface area contributed by atoms with Crippen LogP contribution in [0.1, 0.15) is 0 Å². The molecule has 0 amide bonds. The lowest BCUT2D eigenvalue weighted by molar-refractivity contribution is -0.00793. The molecule has 0 unspecified atom stereocenters. The molecule has 78 valence electrons. The summed E-state index contributed by atoms with van der Waals surface area (Å²) < 4.78 is 0. The third-order valence-corrected chi connectivity index (χ3v) is 2.14. The molecule has 3 nitrogen and oxygen atoms in total. The highest BCUT2D eigenvalue weighted by Gasteiger charge is 2.21. The van der Waals surface area contributed by atoms with Crippen molar-refractivity contribution in [1.82, 2.24) is 14.7 Å². The van der Waals surface area contributed by atoms with Gasteiger partial charge >= 0.3 is 0 Å². The molecular weight excluding hydrogens is 186 g/mol. The van der Waals surface area contributed by atoms with Crippen LogP contribution in [0.2, 0.25) is 0 Å². The van der Waals surface area contributed by atoms with Gasteiger partial charge in [-0.25, -0.2) is 0 Å². The summed E-state index contributed by atoms with van der Waals surface area (Å²) in [5, 5.41) is 0. The van der Waals surface area contributed by atoms with Crippen LogP contribution in [0, 0.1) is 37.0 Å². The fourth-order valence-electron chi connectivity index (χ4n) is 1.67. The Hall–Kier alpha value is -1.44. The zero-order chi connectivity index (χ0) is 11.1. The summed E-state index contributed by atoms with van der Waals surface area (Å²) in [6.07, 6.45) is 15.9. The summed E-state index contributed by atoms with van der Waals surface area (Å²) >= 11 is 0.